The minimum atomic E-state index is -0.634. The topological polar surface area (TPSA) is 57.5 Å². The number of ketones is 1. The van der Waals surface area contributed by atoms with Crippen molar-refractivity contribution in [1.82, 2.24) is 0 Å². The number of fused-ring (bicyclic) bond motifs is 5. The number of aliphatic hydroxyl groups excluding tert-OH is 1. The molecule has 4 aliphatic carbocycles. The van der Waals surface area contributed by atoms with Crippen LogP contribution in [0.2, 0.25) is 0 Å². The summed E-state index contributed by atoms with van der Waals surface area (Å²) >= 11 is 0. The molecule has 152 valence electrons. The van der Waals surface area contributed by atoms with Crippen molar-refractivity contribution in [3.8, 4) is 0 Å². The van der Waals surface area contributed by atoms with Crippen molar-refractivity contribution in [2.45, 2.75) is 90.6 Å². The maximum absolute atomic E-state index is 12.1. The molecule has 0 amide bonds. The Morgan fingerprint density at radius 3 is 2.63 bits per heavy atom. The predicted molar refractivity (Wildman–Crippen MR) is 107 cm³/mol. The second-order valence-electron chi connectivity index (χ2n) is 10.7. The van der Waals surface area contributed by atoms with Crippen molar-refractivity contribution in [3.63, 3.8) is 0 Å². The quantitative estimate of drug-likeness (QED) is 0.752. The summed E-state index contributed by atoms with van der Waals surface area (Å²) in [6.45, 7) is 7.43. The number of aliphatic hydroxyl groups is 2. The van der Waals surface area contributed by atoms with Crippen LogP contribution in [0, 0.1) is 34.5 Å². The predicted octanol–water partition coefficient (Wildman–Crippen LogP) is 4.66. The Hall–Kier alpha value is -0.670. The van der Waals surface area contributed by atoms with Crippen LogP contribution in [0.4, 0.5) is 0 Å². The highest BCUT2D eigenvalue weighted by atomic mass is 16.3. The molecule has 3 fully saturated rings. The molecule has 7 atom stereocenters. The third kappa shape index (κ3) is 2.71. The van der Waals surface area contributed by atoms with E-state index in [-0.39, 0.29) is 11.2 Å². The molecule has 0 radical (unpaired) electrons. The number of hydrogen-bond acceptors (Lipinski definition) is 3. The van der Waals surface area contributed by atoms with Gasteiger partial charge in [0, 0.05) is 18.4 Å². The SMILES string of the molecule is C[C@H](CCCO)[C@H]1CC[C@H]2[C@@H]3CCC4=CC(=O)CC[C@]4(C)[C@@]3(O)CC[C@]12C. The monoisotopic (exact) mass is 374 g/mol. The van der Waals surface area contributed by atoms with Crippen molar-refractivity contribution in [1.29, 1.82) is 0 Å². The van der Waals surface area contributed by atoms with E-state index in [1.807, 2.05) is 6.08 Å². The average molecular weight is 375 g/mol. The Labute approximate surface area is 164 Å². The summed E-state index contributed by atoms with van der Waals surface area (Å²) in [5.41, 5.74) is 0.720. The first-order valence-corrected chi connectivity index (χ1v) is 11.3. The van der Waals surface area contributed by atoms with Crippen molar-refractivity contribution >= 4 is 5.78 Å². The van der Waals surface area contributed by atoms with Crippen LogP contribution in [0.1, 0.15) is 85.0 Å². The molecule has 0 bridgehead atoms. The lowest BCUT2D eigenvalue weighted by molar-refractivity contribution is -0.193. The summed E-state index contributed by atoms with van der Waals surface area (Å²) in [6, 6.07) is 0. The fourth-order valence-electron chi connectivity index (χ4n) is 8.09. The molecule has 0 aromatic heterocycles. The first-order chi connectivity index (χ1) is 12.8. The van der Waals surface area contributed by atoms with Gasteiger partial charge < -0.3 is 10.2 Å². The molecular weight excluding hydrogens is 336 g/mol. The normalized spacial score (nSPS) is 47.7. The van der Waals surface area contributed by atoms with Gasteiger partial charge in [-0.3, -0.25) is 4.79 Å². The van der Waals surface area contributed by atoms with E-state index in [9.17, 15) is 15.0 Å². The van der Waals surface area contributed by atoms with E-state index in [0.717, 1.165) is 50.9 Å². The van der Waals surface area contributed by atoms with E-state index in [0.29, 0.717) is 36.2 Å². The highest BCUT2D eigenvalue weighted by Crippen LogP contribution is 2.69. The van der Waals surface area contributed by atoms with Gasteiger partial charge in [0.15, 0.2) is 5.78 Å². The van der Waals surface area contributed by atoms with E-state index < -0.39 is 5.60 Å². The summed E-state index contributed by atoms with van der Waals surface area (Å²) in [5, 5.41) is 21.3. The standard InChI is InChI=1S/C24H38O3/c1-16(5-4-14-25)19-8-9-20-21-7-6-17-15-18(26)10-11-23(17,3)24(21,27)13-12-22(19,20)2/h15-16,19-21,25,27H,4-14H2,1-3H3/t16-,19-,20+,21+,22-,23+,24-/m1/s1. The van der Waals surface area contributed by atoms with Gasteiger partial charge in [-0.25, -0.2) is 0 Å². The molecule has 4 rings (SSSR count). The molecule has 4 aliphatic rings. The molecule has 3 saturated carbocycles. The molecule has 0 aromatic rings. The summed E-state index contributed by atoms with van der Waals surface area (Å²) in [4.78, 5) is 12.0. The van der Waals surface area contributed by atoms with E-state index in [1.54, 1.807) is 0 Å². The third-order valence-electron chi connectivity index (χ3n) is 9.73. The maximum Gasteiger partial charge on any atom is 0.155 e. The van der Waals surface area contributed by atoms with Gasteiger partial charge in [-0.1, -0.05) is 26.3 Å². The second-order valence-corrected chi connectivity index (χ2v) is 10.7. The van der Waals surface area contributed by atoms with Crippen molar-refractivity contribution in [3.05, 3.63) is 11.6 Å². The highest BCUT2D eigenvalue weighted by Gasteiger charge is 2.65. The molecule has 0 saturated heterocycles. The van der Waals surface area contributed by atoms with E-state index in [2.05, 4.69) is 20.8 Å². The van der Waals surface area contributed by atoms with Crippen LogP contribution in [0.25, 0.3) is 0 Å². The molecule has 3 nitrogen and oxygen atoms in total. The van der Waals surface area contributed by atoms with Crippen LogP contribution in [-0.4, -0.2) is 28.2 Å². The fraction of sp³-hybridized carbons (Fsp3) is 0.875. The Balaban J connectivity index is 1.62. The maximum atomic E-state index is 12.1. The van der Waals surface area contributed by atoms with Gasteiger partial charge in [-0.2, -0.15) is 0 Å². The van der Waals surface area contributed by atoms with E-state index in [4.69, 9.17) is 0 Å². The molecule has 3 heteroatoms. The van der Waals surface area contributed by atoms with Crippen LogP contribution >= 0.6 is 0 Å². The van der Waals surface area contributed by atoms with Gasteiger partial charge in [0.1, 0.15) is 0 Å². The molecule has 27 heavy (non-hydrogen) atoms. The van der Waals surface area contributed by atoms with Crippen LogP contribution in [0.3, 0.4) is 0 Å². The summed E-state index contributed by atoms with van der Waals surface area (Å²) in [7, 11) is 0. The lowest BCUT2D eigenvalue weighted by Crippen LogP contribution is -2.63. The fourth-order valence-corrected chi connectivity index (χ4v) is 8.09. The minimum absolute atomic E-state index is 0.203. The third-order valence-corrected chi connectivity index (χ3v) is 9.73. The van der Waals surface area contributed by atoms with E-state index >= 15 is 0 Å². The zero-order valence-corrected chi connectivity index (χ0v) is 17.5. The Bertz CT molecular complexity index is 640. The largest absolute Gasteiger partial charge is 0.396 e. The zero-order valence-electron chi connectivity index (χ0n) is 17.5. The van der Waals surface area contributed by atoms with Gasteiger partial charge in [-0.15, -0.1) is 0 Å². The average Bonchev–Trinajstić information content (AvgIpc) is 2.98. The highest BCUT2D eigenvalue weighted by molar-refractivity contribution is 5.91. The molecule has 0 aliphatic heterocycles. The van der Waals surface area contributed by atoms with Gasteiger partial charge in [0.25, 0.3) is 0 Å². The smallest absolute Gasteiger partial charge is 0.155 e. The first kappa shape index (κ1) is 19.6. The second kappa shape index (κ2) is 6.69. The Morgan fingerprint density at radius 1 is 1.11 bits per heavy atom. The summed E-state index contributed by atoms with van der Waals surface area (Å²) < 4.78 is 0. The van der Waals surface area contributed by atoms with E-state index in [1.165, 1.54) is 18.4 Å². The summed E-state index contributed by atoms with van der Waals surface area (Å²) in [6.07, 6.45) is 11.9. The molecular formula is C24H38O3. The number of carbonyl (C=O) groups excluding carboxylic acids is 1. The molecule has 0 spiro atoms. The molecule has 0 aromatic carbocycles. The van der Waals surface area contributed by atoms with Crippen molar-refractivity contribution < 1.29 is 15.0 Å². The Morgan fingerprint density at radius 2 is 1.89 bits per heavy atom. The van der Waals surface area contributed by atoms with Crippen molar-refractivity contribution in [2.24, 2.45) is 34.5 Å². The number of hydrogen-bond donors (Lipinski definition) is 2. The van der Waals surface area contributed by atoms with Gasteiger partial charge in [0.05, 0.1) is 5.60 Å². The van der Waals surface area contributed by atoms with Crippen LogP contribution < -0.4 is 0 Å². The van der Waals surface area contributed by atoms with Crippen LogP contribution in [-0.2, 0) is 4.79 Å². The molecule has 2 N–H and O–H groups in total. The van der Waals surface area contributed by atoms with Gasteiger partial charge >= 0.3 is 0 Å². The van der Waals surface area contributed by atoms with Crippen LogP contribution in [0.15, 0.2) is 11.6 Å². The lowest BCUT2D eigenvalue weighted by atomic mass is 9.44. The molecule has 0 heterocycles. The number of rotatable bonds is 4. The van der Waals surface area contributed by atoms with Gasteiger partial charge in [-0.05, 0) is 93.0 Å². The first-order valence-electron chi connectivity index (χ1n) is 11.3. The van der Waals surface area contributed by atoms with Gasteiger partial charge in [0.2, 0.25) is 0 Å². The number of carbonyl (C=O) groups is 1. The van der Waals surface area contributed by atoms with Crippen LogP contribution in [0.5, 0.6) is 0 Å². The van der Waals surface area contributed by atoms with Crippen molar-refractivity contribution in [2.75, 3.05) is 6.61 Å². The summed E-state index contributed by atoms with van der Waals surface area (Å²) in [5.74, 6) is 2.61. The lowest BCUT2D eigenvalue weighted by Gasteiger charge is -2.63. The Kier molecular flexibility index (Phi) is 4.87. The zero-order chi connectivity index (χ0) is 19.4. The molecule has 0 unspecified atom stereocenters. The minimum Gasteiger partial charge on any atom is -0.396 e.